The number of nitrogens with zero attached hydrogens (tertiary/aromatic N) is 2. The van der Waals surface area contributed by atoms with Gasteiger partial charge >= 0.3 is 0 Å². The summed E-state index contributed by atoms with van der Waals surface area (Å²) in [6.07, 6.45) is 1.83. The van der Waals surface area contributed by atoms with Gasteiger partial charge in [0.1, 0.15) is 0 Å². The third-order valence-corrected chi connectivity index (χ3v) is 2.45. The van der Waals surface area contributed by atoms with Gasteiger partial charge in [-0.1, -0.05) is 0 Å². The molecule has 0 aliphatic carbocycles. The van der Waals surface area contributed by atoms with Crippen LogP contribution in [0.25, 0.3) is 10.9 Å². The minimum Gasteiger partial charge on any atom is -0.493 e. The van der Waals surface area contributed by atoms with Gasteiger partial charge in [0.15, 0.2) is 11.5 Å². The summed E-state index contributed by atoms with van der Waals surface area (Å²) < 4.78 is 12.4. The van der Waals surface area contributed by atoms with Crippen LogP contribution in [0.3, 0.4) is 0 Å². The zero-order chi connectivity index (χ0) is 10.8. The number of methoxy groups -OCH3 is 2. The van der Waals surface area contributed by atoms with E-state index >= 15 is 0 Å². The highest BCUT2D eigenvalue weighted by Gasteiger charge is 2.08. The molecule has 2 rings (SSSR count). The molecule has 0 N–H and O–H groups in total. The van der Waals surface area contributed by atoms with Crippen LogP contribution < -0.4 is 9.47 Å². The maximum atomic E-state index is 5.25. The van der Waals surface area contributed by atoms with Gasteiger partial charge in [-0.2, -0.15) is 5.10 Å². The van der Waals surface area contributed by atoms with Crippen molar-refractivity contribution in [1.29, 1.82) is 0 Å². The Labute approximate surface area is 88.4 Å². The molecule has 0 unspecified atom stereocenters. The third kappa shape index (κ3) is 1.52. The van der Waals surface area contributed by atoms with Crippen LogP contribution in [-0.2, 0) is 6.54 Å². The lowest BCUT2D eigenvalue weighted by molar-refractivity contribution is 0.355. The number of fused-ring (bicyclic) bond motifs is 1. The monoisotopic (exact) mass is 206 g/mol. The van der Waals surface area contributed by atoms with Crippen molar-refractivity contribution < 1.29 is 9.47 Å². The van der Waals surface area contributed by atoms with Crippen LogP contribution in [0.1, 0.15) is 6.92 Å². The molecule has 4 heteroatoms. The number of benzene rings is 1. The summed E-state index contributed by atoms with van der Waals surface area (Å²) in [5, 5.41) is 5.33. The summed E-state index contributed by atoms with van der Waals surface area (Å²) in [6, 6.07) is 3.89. The van der Waals surface area contributed by atoms with Gasteiger partial charge < -0.3 is 9.47 Å². The maximum Gasteiger partial charge on any atom is 0.162 e. The Morgan fingerprint density at radius 3 is 2.47 bits per heavy atom. The molecular formula is C11H14N2O2. The van der Waals surface area contributed by atoms with E-state index in [0.717, 1.165) is 28.9 Å². The van der Waals surface area contributed by atoms with Crippen molar-refractivity contribution in [3.05, 3.63) is 18.3 Å². The predicted molar refractivity (Wildman–Crippen MR) is 58.5 cm³/mol. The zero-order valence-corrected chi connectivity index (χ0v) is 9.15. The second-order valence-electron chi connectivity index (χ2n) is 3.23. The number of rotatable bonds is 3. The molecule has 0 aliphatic rings. The summed E-state index contributed by atoms with van der Waals surface area (Å²) >= 11 is 0. The molecule has 1 heterocycles. The van der Waals surface area contributed by atoms with Gasteiger partial charge in [0.25, 0.3) is 0 Å². The Morgan fingerprint density at radius 1 is 1.20 bits per heavy atom. The maximum absolute atomic E-state index is 5.25. The molecule has 0 aliphatic heterocycles. The molecule has 0 spiro atoms. The first-order valence-electron chi connectivity index (χ1n) is 4.87. The van der Waals surface area contributed by atoms with E-state index in [4.69, 9.17) is 9.47 Å². The molecule has 1 aromatic carbocycles. The Bertz CT molecular complexity index is 477. The highest BCUT2D eigenvalue weighted by atomic mass is 16.5. The van der Waals surface area contributed by atoms with Gasteiger partial charge in [-0.25, -0.2) is 0 Å². The number of hydrogen-bond acceptors (Lipinski definition) is 3. The Morgan fingerprint density at radius 2 is 1.87 bits per heavy atom. The average molecular weight is 206 g/mol. The van der Waals surface area contributed by atoms with Gasteiger partial charge in [-0.15, -0.1) is 0 Å². The molecule has 0 fully saturated rings. The zero-order valence-electron chi connectivity index (χ0n) is 9.15. The minimum atomic E-state index is 0.736. The Hall–Kier alpha value is -1.71. The van der Waals surface area contributed by atoms with Crippen LogP contribution in [-0.4, -0.2) is 24.0 Å². The molecule has 0 radical (unpaired) electrons. The van der Waals surface area contributed by atoms with E-state index in [9.17, 15) is 0 Å². The van der Waals surface area contributed by atoms with Crippen LogP contribution in [0.5, 0.6) is 11.5 Å². The van der Waals surface area contributed by atoms with Gasteiger partial charge in [0.05, 0.1) is 25.9 Å². The molecule has 15 heavy (non-hydrogen) atoms. The fraction of sp³-hybridized carbons (Fsp3) is 0.364. The van der Waals surface area contributed by atoms with Gasteiger partial charge in [-0.05, 0) is 13.0 Å². The van der Waals surface area contributed by atoms with E-state index in [0.29, 0.717) is 0 Å². The van der Waals surface area contributed by atoms with Crippen LogP contribution in [0.15, 0.2) is 18.3 Å². The second kappa shape index (κ2) is 3.81. The van der Waals surface area contributed by atoms with E-state index in [2.05, 4.69) is 12.0 Å². The molecule has 0 saturated heterocycles. The Kier molecular flexibility index (Phi) is 2.49. The number of aromatic nitrogens is 2. The van der Waals surface area contributed by atoms with Crippen molar-refractivity contribution in [2.75, 3.05) is 14.2 Å². The van der Waals surface area contributed by atoms with Crippen molar-refractivity contribution in [2.45, 2.75) is 13.5 Å². The summed E-state index contributed by atoms with van der Waals surface area (Å²) in [5.41, 5.74) is 1.06. The quantitative estimate of drug-likeness (QED) is 0.771. The molecule has 1 aromatic heterocycles. The minimum absolute atomic E-state index is 0.736. The first-order valence-corrected chi connectivity index (χ1v) is 4.87. The lowest BCUT2D eigenvalue weighted by atomic mass is 10.2. The molecule has 80 valence electrons. The third-order valence-electron chi connectivity index (χ3n) is 2.45. The van der Waals surface area contributed by atoms with Crippen molar-refractivity contribution in [2.24, 2.45) is 0 Å². The number of hydrogen-bond donors (Lipinski definition) is 0. The van der Waals surface area contributed by atoms with Gasteiger partial charge in [-0.3, -0.25) is 4.68 Å². The molecule has 4 nitrogen and oxygen atoms in total. The largest absolute Gasteiger partial charge is 0.493 e. The molecule has 2 aromatic rings. The lowest BCUT2D eigenvalue weighted by Crippen LogP contribution is -1.96. The number of aryl methyl sites for hydroxylation is 1. The Balaban J connectivity index is 2.66. The van der Waals surface area contributed by atoms with Crippen molar-refractivity contribution in [1.82, 2.24) is 9.78 Å². The van der Waals surface area contributed by atoms with Crippen LogP contribution in [0, 0.1) is 0 Å². The van der Waals surface area contributed by atoms with Crippen molar-refractivity contribution in [3.8, 4) is 11.5 Å². The average Bonchev–Trinajstić information content (AvgIpc) is 2.68. The fourth-order valence-corrected chi connectivity index (χ4v) is 1.66. The molecule has 0 saturated carbocycles. The number of ether oxygens (including phenoxy) is 2. The smallest absolute Gasteiger partial charge is 0.162 e. The summed E-state index contributed by atoms with van der Waals surface area (Å²) in [6.45, 7) is 2.90. The summed E-state index contributed by atoms with van der Waals surface area (Å²) in [4.78, 5) is 0. The first-order chi connectivity index (χ1) is 7.30. The van der Waals surface area contributed by atoms with E-state index in [-0.39, 0.29) is 0 Å². The highest BCUT2D eigenvalue weighted by Crippen LogP contribution is 2.31. The van der Waals surface area contributed by atoms with E-state index in [1.165, 1.54) is 0 Å². The van der Waals surface area contributed by atoms with Crippen LogP contribution in [0.2, 0.25) is 0 Å². The van der Waals surface area contributed by atoms with Crippen LogP contribution >= 0.6 is 0 Å². The fourth-order valence-electron chi connectivity index (χ4n) is 1.66. The second-order valence-corrected chi connectivity index (χ2v) is 3.23. The molecule has 0 atom stereocenters. The van der Waals surface area contributed by atoms with Crippen molar-refractivity contribution >= 4 is 10.9 Å². The SMILES string of the molecule is CCn1ncc2cc(OC)c(OC)cc21. The topological polar surface area (TPSA) is 36.3 Å². The van der Waals surface area contributed by atoms with E-state index < -0.39 is 0 Å². The van der Waals surface area contributed by atoms with E-state index in [1.807, 2.05) is 23.0 Å². The normalized spacial score (nSPS) is 10.6. The van der Waals surface area contributed by atoms with Crippen LogP contribution in [0.4, 0.5) is 0 Å². The molecule has 0 amide bonds. The standard InChI is InChI=1S/C11H14N2O2/c1-4-13-9-6-11(15-3)10(14-2)5-8(9)7-12-13/h5-7H,4H2,1-3H3. The van der Waals surface area contributed by atoms with Gasteiger partial charge in [0.2, 0.25) is 0 Å². The van der Waals surface area contributed by atoms with E-state index in [1.54, 1.807) is 14.2 Å². The van der Waals surface area contributed by atoms with Crippen molar-refractivity contribution in [3.63, 3.8) is 0 Å². The summed E-state index contributed by atoms with van der Waals surface area (Å²) in [5.74, 6) is 1.47. The summed E-state index contributed by atoms with van der Waals surface area (Å²) in [7, 11) is 3.27. The predicted octanol–water partition coefficient (Wildman–Crippen LogP) is 2.07. The molecule has 0 bridgehead atoms. The molecular weight excluding hydrogens is 192 g/mol. The first kappa shape index (κ1) is 9.83. The highest BCUT2D eigenvalue weighted by molar-refractivity contribution is 5.82. The lowest BCUT2D eigenvalue weighted by Gasteiger charge is -2.07. The van der Waals surface area contributed by atoms with Gasteiger partial charge in [0, 0.05) is 18.0 Å².